The predicted molar refractivity (Wildman–Crippen MR) is 128 cm³/mol. The number of nitrogens with one attached hydrogen (secondary N) is 1. The average Bonchev–Trinajstić information content (AvgIpc) is 3.20. The lowest BCUT2D eigenvalue weighted by atomic mass is 9.93. The molecule has 2 heterocycles. The van der Waals surface area contributed by atoms with Crippen molar-refractivity contribution < 1.29 is 9.53 Å². The Kier molecular flexibility index (Phi) is 5.46. The van der Waals surface area contributed by atoms with E-state index < -0.39 is 0 Å². The third kappa shape index (κ3) is 4.08. The first-order valence-corrected chi connectivity index (χ1v) is 10.6. The maximum absolute atomic E-state index is 13.4. The number of aromatic nitrogens is 3. The smallest absolute Gasteiger partial charge is 0.274 e. The molecule has 0 aliphatic rings. The van der Waals surface area contributed by atoms with Crippen molar-refractivity contribution in [2.45, 2.75) is 40.0 Å². The second kappa shape index (κ2) is 8.11. The Hall–Kier alpha value is -3.67. The third-order valence-electron chi connectivity index (χ3n) is 5.58. The molecule has 164 valence electrons. The van der Waals surface area contributed by atoms with Crippen molar-refractivity contribution in [3.63, 3.8) is 0 Å². The summed E-state index contributed by atoms with van der Waals surface area (Å²) in [6.45, 7) is 10.3. The monoisotopic (exact) mass is 428 g/mol. The Morgan fingerprint density at radius 1 is 1.00 bits per heavy atom. The van der Waals surface area contributed by atoms with Gasteiger partial charge in [0.1, 0.15) is 11.4 Å². The van der Waals surface area contributed by atoms with E-state index in [2.05, 4.69) is 26.1 Å². The molecule has 2 aromatic heterocycles. The average molecular weight is 429 g/mol. The number of benzene rings is 2. The van der Waals surface area contributed by atoms with Crippen LogP contribution in [0.5, 0.6) is 5.75 Å². The summed E-state index contributed by atoms with van der Waals surface area (Å²) in [6.07, 6.45) is 0. The topological polar surface area (TPSA) is 68.5 Å². The van der Waals surface area contributed by atoms with Gasteiger partial charge in [0.25, 0.3) is 5.91 Å². The van der Waals surface area contributed by atoms with E-state index >= 15 is 0 Å². The van der Waals surface area contributed by atoms with E-state index in [0.29, 0.717) is 22.8 Å². The molecule has 0 unspecified atom stereocenters. The molecule has 0 fully saturated rings. The van der Waals surface area contributed by atoms with Crippen molar-refractivity contribution in [2.75, 3.05) is 12.4 Å². The lowest BCUT2D eigenvalue weighted by Gasteiger charge is -2.14. The number of para-hydroxylation sites is 1. The number of anilines is 1. The quantitative estimate of drug-likeness (QED) is 0.461. The van der Waals surface area contributed by atoms with Gasteiger partial charge in [0.15, 0.2) is 5.65 Å². The number of hydrogen-bond donors (Lipinski definition) is 1. The highest BCUT2D eigenvalue weighted by molar-refractivity contribution is 6.04. The molecule has 6 nitrogen and oxygen atoms in total. The number of rotatable bonds is 4. The van der Waals surface area contributed by atoms with Crippen LogP contribution in [-0.4, -0.2) is 27.6 Å². The lowest BCUT2D eigenvalue weighted by Crippen LogP contribution is -2.18. The summed E-state index contributed by atoms with van der Waals surface area (Å²) in [5, 5.41) is 7.73. The Labute approximate surface area is 188 Å². The van der Waals surface area contributed by atoms with Crippen LogP contribution in [0, 0.1) is 13.8 Å². The van der Waals surface area contributed by atoms with Gasteiger partial charge in [-0.1, -0.05) is 39.0 Å². The number of fused-ring (bicyclic) bond motifs is 1. The molecular weight excluding hydrogens is 400 g/mol. The molecule has 6 heteroatoms. The van der Waals surface area contributed by atoms with Gasteiger partial charge < -0.3 is 10.1 Å². The molecule has 0 bridgehead atoms. The van der Waals surface area contributed by atoms with E-state index in [1.165, 1.54) is 5.56 Å². The van der Waals surface area contributed by atoms with Crippen LogP contribution in [0.25, 0.3) is 16.9 Å². The molecule has 1 N–H and O–H groups in total. The van der Waals surface area contributed by atoms with Crippen LogP contribution >= 0.6 is 0 Å². The van der Waals surface area contributed by atoms with Crippen LogP contribution in [0.4, 0.5) is 5.69 Å². The summed E-state index contributed by atoms with van der Waals surface area (Å²) in [6, 6.07) is 17.2. The maximum Gasteiger partial charge on any atom is 0.274 e. The molecule has 0 saturated carbocycles. The van der Waals surface area contributed by atoms with E-state index in [1.54, 1.807) is 17.7 Å². The van der Waals surface area contributed by atoms with Crippen molar-refractivity contribution in [3.05, 3.63) is 77.1 Å². The minimum atomic E-state index is -0.250. The van der Waals surface area contributed by atoms with Crippen LogP contribution < -0.4 is 10.1 Å². The molecule has 0 aliphatic heterocycles. The number of carbonyl (C=O) groups excluding carboxylic acids is 1. The molecular formula is C26H28N4O2. The number of ether oxygens (including phenoxy) is 1. The van der Waals surface area contributed by atoms with Gasteiger partial charge in [0.2, 0.25) is 0 Å². The van der Waals surface area contributed by atoms with Gasteiger partial charge in [0.05, 0.1) is 18.5 Å². The minimum absolute atomic E-state index is 0.180. The highest BCUT2D eigenvalue weighted by Gasteiger charge is 2.23. The fourth-order valence-electron chi connectivity index (χ4n) is 3.51. The summed E-state index contributed by atoms with van der Waals surface area (Å²) in [4.78, 5) is 18.2. The SMILES string of the molecule is COc1ccccc1-c1cc(C(=O)Nc2ccc(C)c(C)c2)n2nc(C(C)(C)C)cc2n1. The largest absolute Gasteiger partial charge is 0.496 e. The first-order chi connectivity index (χ1) is 15.2. The lowest BCUT2D eigenvalue weighted by molar-refractivity contribution is 0.101. The third-order valence-corrected chi connectivity index (χ3v) is 5.58. The summed E-state index contributed by atoms with van der Waals surface area (Å²) in [5.74, 6) is 0.445. The van der Waals surface area contributed by atoms with Crippen molar-refractivity contribution in [1.29, 1.82) is 0 Å². The zero-order chi connectivity index (χ0) is 23.0. The summed E-state index contributed by atoms with van der Waals surface area (Å²) in [5.41, 5.74) is 6.21. The minimum Gasteiger partial charge on any atom is -0.496 e. The van der Waals surface area contributed by atoms with Crippen LogP contribution in [0.1, 0.15) is 48.1 Å². The molecule has 0 radical (unpaired) electrons. The fourth-order valence-corrected chi connectivity index (χ4v) is 3.51. The maximum atomic E-state index is 13.4. The predicted octanol–water partition coefficient (Wildman–Crippen LogP) is 5.57. The van der Waals surface area contributed by atoms with Gasteiger partial charge in [0, 0.05) is 22.7 Å². The summed E-state index contributed by atoms with van der Waals surface area (Å²) in [7, 11) is 1.63. The van der Waals surface area contributed by atoms with Crippen molar-refractivity contribution >= 4 is 17.2 Å². The second-order valence-electron chi connectivity index (χ2n) is 9.03. The summed E-state index contributed by atoms with van der Waals surface area (Å²) >= 11 is 0. The van der Waals surface area contributed by atoms with Gasteiger partial charge in [-0.15, -0.1) is 0 Å². The first-order valence-electron chi connectivity index (χ1n) is 10.6. The zero-order valence-corrected chi connectivity index (χ0v) is 19.4. The first kappa shape index (κ1) is 21.6. The molecule has 0 atom stereocenters. The molecule has 4 rings (SSSR count). The van der Waals surface area contributed by atoms with Gasteiger partial charge in [-0.3, -0.25) is 4.79 Å². The Balaban J connectivity index is 1.87. The molecule has 4 aromatic rings. The molecule has 0 spiro atoms. The van der Waals surface area contributed by atoms with Crippen LogP contribution in [0.15, 0.2) is 54.6 Å². The normalized spacial score (nSPS) is 11.6. The van der Waals surface area contributed by atoms with E-state index in [0.717, 1.165) is 22.5 Å². The van der Waals surface area contributed by atoms with Crippen LogP contribution in [-0.2, 0) is 5.41 Å². The Morgan fingerprint density at radius 3 is 2.44 bits per heavy atom. The van der Waals surface area contributed by atoms with E-state index in [1.807, 2.05) is 62.4 Å². The Morgan fingerprint density at radius 2 is 1.75 bits per heavy atom. The molecule has 1 amide bonds. The molecule has 0 aliphatic carbocycles. The number of carbonyl (C=O) groups is 1. The van der Waals surface area contributed by atoms with Gasteiger partial charge in [-0.2, -0.15) is 5.10 Å². The summed E-state index contributed by atoms with van der Waals surface area (Å²) < 4.78 is 7.15. The van der Waals surface area contributed by atoms with E-state index in [4.69, 9.17) is 14.8 Å². The van der Waals surface area contributed by atoms with Gasteiger partial charge >= 0.3 is 0 Å². The highest BCUT2D eigenvalue weighted by Crippen LogP contribution is 2.30. The number of methoxy groups -OCH3 is 1. The van der Waals surface area contributed by atoms with Gasteiger partial charge in [-0.05, 0) is 55.3 Å². The zero-order valence-electron chi connectivity index (χ0n) is 19.4. The number of amides is 1. The highest BCUT2D eigenvalue weighted by atomic mass is 16.5. The van der Waals surface area contributed by atoms with Crippen molar-refractivity contribution in [1.82, 2.24) is 14.6 Å². The molecule has 0 saturated heterocycles. The molecule has 32 heavy (non-hydrogen) atoms. The molecule has 2 aromatic carbocycles. The van der Waals surface area contributed by atoms with Crippen LogP contribution in [0.3, 0.4) is 0 Å². The number of aryl methyl sites for hydroxylation is 2. The van der Waals surface area contributed by atoms with E-state index in [-0.39, 0.29) is 11.3 Å². The van der Waals surface area contributed by atoms with Gasteiger partial charge in [-0.25, -0.2) is 9.50 Å². The standard InChI is InChI=1S/C26H28N4O2/c1-16-11-12-18(13-17(16)2)27-25(31)21-14-20(19-9-7-8-10-22(19)32-6)28-24-15-23(26(3,4)5)29-30(21)24/h7-15H,1-6H3,(H,27,31). The second-order valence-corrected chi connectivity index (χ2v) is 9.03. The van der Waals surface area contributed by atoms with Crippen molar-refractivity contribution in [2.24, 2.45) is 0 Å². The fraction of sp³-hybridized carbons (Fsp3) is 0.269. The van der Waals surface area contributed by atoms with Crippen LogP contribution in [0.2, 0.25) is 0 Å². The van der Waals surface area contributed by atoms with E-state index in [9.17, 15) is 4.79 Å². The van der Waals surface area contributed by atoms with Crippen molar-refractivity contribution in [3.8, 4) is 17.0 Å². The number of hydrogen-bond acceptors (Lipinski definition) is 4. The Bertz CT molecular complexity index is 1320. The number of nitrogens with zero attached hydrogens (tertiary/aromatic N) is 3.